The van der Waals surface area contributed by atoms with Gasteiger partial charge in [-0.15, -0.1) is 6.58 Å². The lowest BCUT2D eigenvalue weighted by molar-refractivity contribution is -0.155. The monoisotopic (exact) mass is 154 g/mol. The van der Waals surface area contributed by atoms with Crippen LogP contribution < -0.4 is 0 Å². The van der Waals surface area contributed by atoms with Gasteiger partial charge in [-0.3, -0.25) is 4.79 Å². The highest BCUT2D eigenvalue weighted by atomic mass is 16.5. The van der Waals surface area contributed by atoms with Crippen LogP contribution in [0, 0.1) is 11.8 Å². The Morgan fingerprint density at radius 2 is 2.55 bits per heavy atom. The van der Waals surface area contributed by atoms with Gasteiger partial charge in [-0.2, -0.15) is 0 Å². The molecular formula is C9H14O2. The van der Waals surface area contributed by atoms with Crippen LogP contribution in [-0.4, -0.2) is 12.6 Å². The lowest BCUT2D eigenvalue weighted by Gasteiger charge is -2.26. The van der Waals surface area contributed by atoms with Crippen molar-refractivity contribution in [2.24, 2.45) is 11.8 Å². The molecule has 1 heterocycles. The van der Waals surface area contributed by atoms with Gasteiger partial charge in [0.15, 0.2) is 0 Å². The molecule has 0 bridgehead atoms. The van der Waals surface area contributed by atoms with E-state index in [9.17, 15) is 4.79 Å². The summed E-state index contributed by atoms with van der Waals surface area (Å²) in [4.78, 5) is 11.1. The van der Waals surface area contributed by atoms with Crippen LogP contribution >= 0.6 is 0 Å². The van der Waals surface area contributed by atoms with E-state index in [0.717, 1.165) is 12.8 Å². The first-order valence-corrected chi connectivity index (χ1v) is 4.03. The highest BCUT2D eigenvalue weighted by Gasteiger charge is 2.28. The fourth-order valence-electron chi connectivity index (χ4n) is 1.39. The number of carbonyl (C=O) groups is 1. The second-order valence-corrected chi connectivity index (χ2v) is 3.06. The van der Waals surface area contributed by atoms with Crippen LogP contribution in [0.3, 0.4) is 0 Å². The molecule has 0 unspecified atom stereocenters. The van der Waals surface area contributed by atoms with Crippen molar-refractivity contribution in [1.29, 1.82) is 0 Å². The maximum atomic E-state index is 11.1. The molecule has 11 heavy (non-hydrogen) atoms. The normalized spacial score (nSPS) is 31.2. The van der Waals surface area contributed by atoms with Crippen LogP contribution in [0.25, 0.3) is 0 Å². The molecule has 0 aromatic heterocycles. The Kier molecular flexibility index (Phi) is 2.69. The van der Waals surface area contributed by atoms with Crippen molar-refractivity contribution >= 4 is 5.97 Å². The van der Waals surface area contributed by atoms with Gasteiger partial charge in [-0.05, 0) is 18.8 Å². The highest BCUT2D eigenvalue weighted by molar-refractivity contribution is 5.73. The maximum absolute atomic E-state index is 11.1. The van der Waals surface area contributed by atoms with Crippen molar-refractivity contribution in [3.8, 4) is 0 Å². The zero-order valence-corrected chi connectivity index (χ0v) is 6.88. The molecule has 0 aliphatic carbocycles. The molecule has 1 rings (SSSR count). The number of carbonyl (C=O) groups excluding carboxylic acids is 1. The third-order valence-corrected chi connectivity index (χ3v) is 2.23. The van der Waals surface area contributed by atoms with Crippen molar-refractivity contribution in [1.82, 2.24) is 0 Å². The molecule has 2 nitrogen and oxygen atoms in total. The summed E-state index contributed by atoms with van der Waals surface area (Å²) in [5.41, 5.74) is 0. The molecule has 0 aromatic carbocycles. The fraction of sp³-hybridized carbons (Fsp3) is 0.667. The molecule has 0 amide bonds. The summed E-state index contributed by atoms with van der Waals surface area (Å²) >= 11 is 0. The quantitative estimate of drug-likeness (QED) is 0.447. The molecule has 62 valence electrons. The number of cyclic esters (lactones) is 1. The Bertz CT molecular complexity index is 163. The first-order chi connectivity index (χ1) is 5.25. The third kappa shape index (κ3) is 1.82. The van der Waals surface area contributed by atoms with Crippen molar-refractivity contribution in [3.05, 3.63) is 12.7 Å². The second kappa shape index (κ2) is 3.56. The Morgan fingerprint density at radius 1 is 1.82 bits per heavy atom. The lowest BCUT2D eigenvalue weighted by atomic mass is 9.87. The standard InChI is InChI=1S/C9H14O2/c1-3-4-8-7(2)5-6-11-9(8)10/h3,7-8H,1,4-6H2,2H3/t7-,8+/m0/s1. The zero-order chi connectivity index (χ0) is 8.27. The van der Waals surface area contributed by atoms with Gasteiger partial charge in [-0.1, -0.05) is 13.0 Å². The molecular weight excluding hydrogens is 140 g/mol. The maximum Gasteiger partial charge on any atom is 0.309 e. The van der Waals surface area contributed by atoms with Gasteiger partial charge in [0.25, 0.3) is 0 Å². The summed E-state index contributed by atoms with van der Waals surface area (Å²) in [5, 5.41) is 0. The smallest absolute Gasteiger partial charge is 0.309 e. The Labute approximate surface area is 67.2 Å². The molecule has 0 aromatic rings. The van der Waals surface area contributed by atoms with Gasteiger partial charge in [0, 0.05) is 0 Å². The molecule has 0 spiro atoms. The summed E-state index contributed by atoms with van der Waals surface area (Å²) < 4.78 is 4.93. The fourth-order valence-corrected chi connectivity index (χ4v) is 1.39. The third-order valence-electron chi connectivity index (χ3n) is 2.23. The van der Waals surface area contributed by atoms with Crippen LogP contribution in [0.2, 0.25) is 0 Å². The predicted octanol–water partition coefficient (Wildman–Crippen LogP) is 1.76. The highest BCUT2D eigenvalue weighted by Crippen LogP contribution is 2.25. The Balaban J connectivity index is 2.54. The van der Waals surface area contributed by atoms with Crippen molar-refractivity contribution in [2.75, 3.05) is 6.61 Å². The van der Waals surface area contributed by atoms with Crippen LogP contribution in [0.5, 0.6) is 0 Å². The van der Waals surface area contributed by atoms with E-state index in [-0.39, 0.29) is 11.9 Å². The largest absolute Gasteiger partial charge is 0.465 e. The van der Waals surface area contributed by atoms with E-state index in [0.29, 0.717) is 12.5 Å². The first kappa shape index (κ1) is 8.31. The van der Waals surface area contributed by atoms with Crippen LogP contribution in [-0.2, 0) is 9.53 Å². The molecule has 0 radical (unpaired) electrons. The summed E-state index contributed by atoms with van der Waals surface area (Å²) in [6.45, 7) is 6.30. The Morgan fingerprint density at radius 3 is 3.09 bits per heavy atom. The van der Waals surface area contributed by atoms with Crippen LogP contribution in [0.1, 0.15) is 19.8 Å². The lowest BCUT2D eigenvalue weighted by Crippen LogP contribution is -2.30. The second-order valence-electron chi connectivity index (χ2n) is 3.06. The van der Waals surface area contributed by atoms with Crippen LogP contribution in [0.15, 0.2) is 12.7 Å². The molecule has 1 fully saturated rings. The summed E-state index contributed by atoms with van der Waals surface area (Å²) in [6.07, 6.45) is 3.53. The Hall–Kier alpha value is -0.790. The minimum atomic E-state index is -0.0522. The van der Waals surface area contributed by atoms with E-state index in [1.807, 2.05) is 0 Å². The number of ether oxygens (including phenoxy) is 1. The van der Waals surface area contributed by atoms with Crippen molar-refractivity contribution < 1.29 is 9.53 Å². The van der Waals surface area contributed by atoms with Gasteiger partial charge >= 0.3 is 5.97 Å². The SMILES string of the molecule is C=CC[C@H]1C(=O)OCC[C@@H]1C. The average Bonchev–Trinajstić information content (AvgIpc) is 1.97. The number of allylic oxidation sites excluding steroid dienone is 1. The number of hydrogen-bond donors (Lipinski definition) is 0. The molecule has 2 atom stereocenters. The molecule has 1 saturated heterocycles. The molecule has 1 aliphatic heterocycles. The van der Waals surface area contributed by atoms with Gasteiger partial charge in [0.05, 0.1) is 12.5 Å². The van der Waals surface area contributed by atoms with Gasteiger partial charge in [-0.25, -0.2) is 0 Å². The molecule has 1 aliphatic rings. The number of rotatable bonds is 2. The van der Waals surface area contributed by atoms with E-state index >= 15 is 0 Å². The van der Waals surface area contributed by atoms with Crippen molar-refractivity contribution in [2.45, 2.75) is 19.8 Å². The minimum Gasteiger partial charge on any atom is -0.465 e. The number of hydrogen-bond acceptors (Lipinski definition) is 2. The van der Waals surface area contributed by atoms with E-state index in [1.54, 1.807) is 6.08 Å². The number of esters is 1. The van der Waals surface area contributed by atoms with E-state index < -0.39 is 0 Å². The molecule has 0 N–H and O–H groups in total. The van der Waals surface area contributed by atoms with Crippen LogP contribution in [0.4, 0.5) is 0 Å². The average molecular weight is 154 g/mol. The topological polar surface area (TPSA) is 26.3 Å². The molecule has 2 heteroatoms. The first-order valence-electron chi connectivity index (χ1n) is 4.03. The summed E-state index contributed by atoms with van der Waals surface area (Å²) in [6, 6.07) is 0. The van der Waals surface area contributed by atoms with Gasteiger partial charge in [0.2, 0.25) is 0 Å². The van der Waals surface area contributed by atoms with Gasteiger partial charge < -0.3 is 4.74 Å². The minimum absolute atomic E-state index is 0.0522. The predicted molar refractivity (Wildman–Crippen MR) is 43.0 cm³/mol. The zero-order valence-electron chi connectivity index (χ0n) is 6.88. The van der Waals surface area contributed by atoms with E-state index in [2.05, 4.69) is 13.5 Å². The van der Waals surface area contributed by atoms with Crippen molar-refractivity contribution in [3.63, 3.8) is 0 Å². The van der Waals surface area contributed by atoms with Gasteiger partial charge in [0.1, 0.15) is 0 Å². The van der Waals surface area contributed by atoms with E-state index in [1.165, 1.54) is 0 Å². The molecule has 0 saturated carbocycles. The summed E-state index contributed by atoms with van der Waals surface area (Å²) in [7, 11) is 0. The summed E-state index contributed by atoms with van der Waals surface area (Å²) in [5.74, 6) is 0.458. The van der Waals surface area contributed by atoms with E-state index in [4.69, 9.17) is 4.74 Å².